The molecule has 0 aromatic heterocycles. The molecule has 0 aliphatic carbocycles. The van der Waals surface area contributed by atoms with Gasteiger partial charge in [-0.05, 0) is 0 Å². The second-order valence-corrected chi connectivity index (χ2v) is 14.4. The van der Waals surface area contributed by atoms with Gasteiger partial charge in [-0.1, -0.05) is 62.3 Å². The molecule has 0 aromatic carbocycles. The maximum absolute atomic E-state index is 12.9. The minimum atomic E-state index is -6.57. The Hall–Kier alpha value is -2.59. The van der Waals surface area contributed by atoms with Crippen molar-refractivity contribution in [3.63, 3.8) is 0 Å². The van der Waals surface area contributed by atoms with E-state index >= 15 is 0 Å². The molecule has 0 fully saturated rings. The van der Waals surface area contributed by atoms with Crippen molar-refractivity contribution in [1.82, 2.24) is 0 Å². The van der Waals surface area contributed by atoms with E-state index in [1.165, 1.54) is 62.3 Å². The van der Waals surface area contributed by atoms with Crippen LogP contribution in [0.5, 0.6) is 0 Å². The van der Waals surface area contributed by atoms with Gasteiger partial charge in [0.1, 0.15) is 0 Å². The van der Waals surface area contributed by atoms with Crippen LogP contribution in [0.15, 0.2) is 35.5 Å². The third-order valence-corrected chi connectivity index (χ3v) is 6.24. The molecule has 0 aliphatic rings. The molecule has 0 aromatic rings. The first kappa shape index (κ1) is 62.1. The van der Waals surface area contributed by atoms with Crippen LogP contribution < -0.4 is 0 Å². The van der Waals surface area contributed by atoms with E-state index in [-0.39, 0.29) is 55.5 Å². The van der Waals surface area contributed by atoms with Gasteiger partial charge in [-0.15, -0.1) is 0 Å². The van der Waals surface area contributed by atoms with Crippen LogP contribution in [-0.2, 0) is 14.4 Å². The smallest absolute Gasteiger partial charge is 0.460 e. The molecule has 0 spiro atoms. The summed E-state index contributed by atoms with van der Waals surface area (Å²) in [5.74, 6) is -48.8. The van der Waals surface area contributed by atoms with Crippen molar-refractivity contribution >= 4 is 17.3 Å². The predicted molar refractivity (Wildman–Crippen MR) is 153 cm³/mol. The minimum absolute atomic E-state index is 0. The summed E-state index contributed by atoms with van der Waals surface area (Å²) in [6.45, 7) is 10.9. The van der Waals surface area contributed by atoms with Crippen LogP contribution in [-0.4, -0.2) is 86.7 Å². The van der Waals surface area contributed by atoms with Crippen molar-refractivity contribution in [2.75, 3.05) is 0 Å². The van der Waals surface area contributed by atoms with E-state index in [1.807, 2.05) is 0 Å². The topological polar surface area (TPSA) is 112 Å². The maximum atomic E-state index is 12.9. The fraction of sp³-hybridized carbons (Fsp3) is 0.700. The van der Waals surface area contributed by atoms with Crippen molar-refractivity contribution in [3.8, 4) is 0 Å². The molecule has 3 N–H and O–H groups in total. The second kappa shape index (κ2) is 19.0. The normalized spacial score (nSPS) is 15.3. The number of rotatable bonds is 9. The molecule has 0 amide bonds. The molecule has 0 radical (unpaired) electrons. The van der Waals surface area contributed by atoms with Gasteiger partial charge in [-0.2, -0.15) is 92.2 Å². The first-order valence-electron chi connectivity index (χ1n) is 14.5. The summed E-state index contributed by atoms with van der Waals surface area (Å²) in [4.78, 5) is 33.6. The summed E-state index contributed by atoms with van der Waals surface area (Å²) in [6.07, 6.45) is -20.7. The van der Waals surface area contributed by atoms with E-state index in [2.05, 4.69) is 0 Å². The first-order chi connectivity index (χ1) is 24.1. The van der Waals surface area contributed by atoms with Crippen molar-refractivity contribution in [2.24, 2.45) is 16.2 Å². The Labute approximate surface area is 343 Å². The average Bonchev–Trinajstić information content (AvgIpc) is 2.93. The van der Waals surface area contributed by atoms with E-state index in [9.17, 15) is 107 Å². The van der Waals surface area contributed by atoms with Gasteiger partial charge < -0.3 is 15.3 Å². The van der Waals surface area contributed by atoms with E-state index in [1.54, 1.807) is 0 Å². The number of hydrogen-bond donors (Lipinski definition) is 3. The van der Waals surface area contributed by atoms with Gasteiger partial charge >= 0.3 is 54.1 Å². The molecule has 0 bridgehead atoms. The van der Waals surface area contributed by atoms with E-state index in [4.69, 9.17) is 15.3 Å². The molecule has 58 heavy (non-hydrogen) atoms. The summed E-state index contributed by atoms with van der Waals surface area (Å²) in [5, 5.41) is 26.2. The zero-order chi connectivity index (χ0) is 47.6. The number of hydrogen-bond acceptors (Lipinski definition) is 6. The van der Waals surface area contributed by atoms with E-state index in [0.29, 0.717) is 0 Å². The number of ketones is 3. The number of halogens is 21. The van der Waals surface area contributed by atoms with Crippen molar-refractivity contribution in [2.45, 2.75) is 116 Å². The monoisotopic (exact) mass is 1050 g/mol. The van der Waals surface area contributed by atoms with Crippen LogP contribution in [0.25, 0.3) is 0 Å². The third kappa shape index (κ3) is 14.8. The Morgan fingerprint density at radius 3 is 0.534 bits per heavy atom. The van der Waals surface area contributed by atoms with Gasteiger partial charge in [0.25, 0.3) is 0 Å². The summed E-state index contributed by atoms with van der Waals surface area (Å²) in [5.41, 5.74) is -3.97. The summed E-state index contributed by atoms with van der Waals surface area (Å²) in [7, 11) is 0. The van der Waals surface area contributed by atoms with Crippen LogP contribution in [0.3, 0.4) is 0 Å². The minimum Gasteiger partial charge on any atom is -0.506 e. The maximum Gasteiger partial charge on any atom is 0.460 e. The van der Waals surface area contributed by atoms with Gasteiger partial charge in [0.2, 0.25) is 0 Å². The second-order valence-electron chi connectivity index (χ2n) is 14.4. The Bertz CT molecular complexity index is 1350. The molecular weight excluding hydrogens is 1020 g/mol. The fourth-order valence-corrected chi connectivity index (χ4v) is 2.31. The van der Waals surface area contributed by atoms with Gasteiger partial charge in [-0.3, -0.25) is 14.4 Å². The van der Waals surface area contributed by atoms with E-state index in [0.717, 1.165) is 0 Å². The van der Waals surface area contributed by atoms with Crippen molar-refractivity contribution in [3.05, 3.63) is 35.5 Å². The van der Waals surface area contributed by atoms with Crippen LogP contribution >= 0.6 is 0 Å². The summed E-state index contributed by atoms with van der Waals surface area (Å²) >= 11 is 0. The predicted octanol–water partition coefficient (Wildman–Crippen LogP) is 11.6. The molecule has 348 valence electrons. The van der Waals surface area contributed by atoms with Crippen LogP contribution in [0, 0.1) is 53.6 Å². The Morgan fingerprint density at radius 2 is 0.448 bits per heavy atom. The summed E-state index contributed by atoms with van der Waals surface area (Å²) < 4.78 is 259. The van der Waals surface area contributed by atoms with Crippen LogP contribution in [0.1, 0.15) is 62.3 Å². The van der Waals surface area contributed by atoms with Crippen LogP contribution in [0.2, 0.25) is 0 Å². The molecule has 0 atom stereocenters. The zero-order valence-corrected chi connectivity index (χ0v) is 32.4. The van der Waals surface area contributed by atoms with E-state index < -0.39 is 105 Å². The molecule has 0 heterocycles. The van der Waals surface area contributed by atoms with Crippen LogP contribution in [0.4, 0.5) is 92.2 Å². The molecule has 0 saturated carbocycles. The number of aliphatic hydroxyl groups is 3. The van der Waals surface area contributed by atoms with Gasteiger partial charge in [-0.25, -0.2) is 0 Å². The number of carbonyl (C=O) groups is 3. The molecule has 0 saturated heterocycles. The molecule has 0 rings (SSSR count). The molecule has 6 nitrogen and oxygen atoms in total. The number of allylic oxidation sites excluding steroid dienone is 6. The van der Waals surface area contributed by atoms with Gasteiger partial charge in [0.05, 0.1) is 0 Å². The van der Waals surface area contributed by atoms with Gasteiger partial charge in [0, 0.05) is 71.8 Å². The number of alkyl halides is 21. The Balaban J connectivity index is -0.000000374. The Kier molecular flexibility index (Phi) is 20.3. The first-order valence-corrected chi connectivity index (χ1v) is 14.5. The average molecular weight is 1060 g/mol. The zero-order valence-electron chi connectivity index (χ0n) is 30.5. The van der Waals surface area contributed by atoms with Gasteiger partial charge in [0.15, 0.2) is 34.6 Å². The number of carbonyl (C=O) groups excluding carboxylic acids is 3. The molecule has 0 unspecified atom stereocenters. The standard InChI is InChI=1S/3C10H11F7O2.Er/c3*1-7(2,3)5(18)4-6(19)8(11,12)9(13,14)10(15,16)17;/h3*4,19H,1-3H3;/b3*6-4-;. The molecule has 0 aliphatic heterocycles. The quantitative estimate of drug-likeness (QED) is 0.120. The third-order valence-electron chi connectivity index (χ3n) is 6.24. The number of aliphatic hydroxyl groups excluding tert-OH is 3. The van der Waals surface area contributed by atoms with Crippen molar-refractivity contribution < 1.29 is 159 Å². The molecule has 28 heteroatoms. The Morgan fingerprint density at radius 1 is 0.328 bits per heavy atom. The summed E-state index contributed by atoms with van der Waals surface area (Å²) in [6, 6.07) is 0. The SMILES string of the molecule is CC(C)(C)C(=O)/C=C(\O)C(F)(F)C(F)(F)C(F)(F)F.CC(C)(C)C(=O)/C=C(\O)C(F)(F)C(F)(F)C(F)(F)F.CC(C)(C)C(=O)/C=C(\O)C(F)(F)C(F)(F)C(F)(F)F.[Er]. The fourth-order valence-electron chi connectivity index (χ4n) is 2.31. The largest absolute Gasteiger partial charge is 0.506 e. The van der Waals surface area contributed by atoms with Crippen molar-refractivity contribution in [1.29, 1.82) is 0 Å². The molecular formula is C30H33ErF21O6.